The quantitative estimate of drug-likeness (QED) is 0.840. The molecule has 1 heterocycles. The summed E-state index contributed by atoms with van der Waals surface area (Å²) in [4.78, 5) is 16.2. The minimum absolute atomic E-state index is 0.0786. The van der Waals surface area contributed by atoms with E-state index in [-0.39, 0.29) is 11.9 Å². The van der Waals surface area contributed by atoms with Crippen molar-refractivity contribution in [3.8, 4) is 0 Å². The highest BCUT2D eigenvalue weighted by atomic mass is 35.5. The van der Waals surface area contributed by atoms with Gasteiger partial charge in [0.15, 0.2) is 0 Å². The molecule has 3 nitrogen and oxygen atoms in total. The molecule has 0 spiro atoms. The van der Waals surface area contributed by atoms with Gasteiger partial charge in [-0.25, -0.2) is 0 Å². The standard InChI is InChI=1S/C13H17ClN2O/c1-9-4-3-7-15-12(9)13(17)16-11-6-2-5-10(11)8-14/h3-4,7,10-11H,2,5-6,8H2,1H3,(H,16,17). The number of hydrogen-bond acceptors (Lipinski definition) is 2. The molecule has 92 valence electrons. The molecule has 0 aliphatic heterocycles. The minimum atomic E-state index is -0.0786. The molecule has 0 saturated heterocycles. The molecule has 1 fully saturated rings. The maximum atomic E-state index is 12.1. The molecule has 1 N–H and O–H groups in total. The maximum absolute atomic E-state index is 12.1. The Kier molecular flexibility index (Phi) is 4.00. The van der Waals surface area contributed by atoms with Crippen LogP contribution >= 0.6 is 11.6 Å². The number of carbonyl (C=O) groups is 1. The number of aromatic nitrogens is 1. The van der Waals surface area contributed by atoms with Gasteiger partial charge in [0.1, 0.15) is 5.69 Å². The van der Waals surface area contributed by atoms with E-state index >= 15 is 0 Å². The van der Waals surface area contributed by atoms with Crippen molar-refractivity contribution in [3.63, 3.8) is 0 Å². The molecular formula is C13H17ClN2O. The van der Waals surface area contributed by atoms with Gasteiger partial charge < -0.3 is 5.32 Å². The van der Waals surface area contributed by atoms with Crippen LogP contribution in [0.4, 0.5) is 0 Å². The number of hydrogen-bond donors (Lipinski definition) is 1. The van der Waals surface area contributed by atoms with Gasteiger partial charge >= 0.3 is 0 Å². The van der Waals surface area contributed by atoms with Crippen molar-refractivity contribution in [2.75, 3.05) is 5.88 Å². The first-order valence-electron chi connectivity index (χ1n) is 6.01. The maximum Gasteiger partial charge on any atom is 0.270 e. The molecule has 1 amide bonds. The third-order valence-corrected chi connectivity index (χ3v) is 3.79. The predicted molar refractivity (Wildman–Crippen MR) is 68.3 cm³/mol. The molecule has 0 aromatic carbocycles. The third kappa shape index (κ3) is 2.78. The first-order chi connectivity index (χ1) is 8.22. The molecule has 2 atom stereocenters. The van der Waals surface area contributed by atoms with E-state index in [9.17, 15) is 4.79 Å². The fourth-order valence-electron chi connectivity index (χ4n) is 2.37. The van der Waals surface area contributed by atoms with E-state index in [1.807, 2.05) is 19.1 Å². The summed E-state index contributed by atoms with van der Waals surface area (Å²) >= 11 is 5.90. The smallest absolute Gasteiger partial charge is 0.270 e. The summed E-state index contributed by atoms with van der Waals surface area (Å²) in [6, 6.07) is 3.94. The first kappa shape index (κ1) is 12.4. The van der Waals surface area contributed by atoms with Gasteiger partial charge in [-0.15, -0.1) is 11.6 Å². The van der Waals surface area contributed by atoms with E-state index in [1.165, 1.54) is 0 Å². The van der Waals surface area contributed by atoms with E-state index in [1.54, 1.807) is 6.20 Å². The van der Waals surface area contributed by atoms with Crippen LogP contribution in [0.1, 0.15) is 35.3 Å². The molecule has 1 saturated carbocycles. The van der Waals surface area contributed by atoms with Gasteiger partial charge in [-0.3, -0.25) is 9.78 Å². The van der Waals surface area contributed by atoms with E-state index in [0.29, 0.717) is 17.5 Å². The Labute approximate surface area is 107 Å². The van der Waals surface area contributed by atoms with E-state index < -0.39 is 0 Å². The highest BCUT2D eigenvalue weighted by molar-refractivity contribution is 6.18. The average Bonchev–Trinajstić information content (AvgIpc) is 2.76. The monoisotopic (exact) mass is 252 g/mol. The van der Waals surface area contributed by atoms with Crippen molar-refractivity contribution in [2.45, 2.75) is 32.2 Å². The minimum Gasteiger partial charge on any atom is -0.348 e. The summed E-state index contributed by atoms with van der Waals surface area (Å²) in [5, 5.41) is 3.05. The predicted octanol–water partition coefficient (Wildman–Crippen LogP) is 2.53. The van der Waals surface area contributed by atoms with Crippen LogP contribution in [-0.2, 0) is 0 Å². The molecule has 1 aliphatic rings. The fourth-order valence-corrected chi connectivity index (χ4v) is 2.74. The largest absolute Gasteiger partial charge is 0.348 e. The van der Waals surface area contributed by atoms with E-state index in [2.05, 4.69) is 10.3 Å². The van der Waals surface area contributed by atoms with E-state index in [0.717, 1.165) is 24.8 Å². The first-order valence-corrected chi connectivity index (χ1v) is 6.54. The van der Waals surface area contributed by atoms with Gasteiger partial charge in [0, 0.05) is 18.1 Å². The van der Waals surface area contributed by atoms with Crippen molar-refractivity contribution in [1.29, 1.82) is 0 Å². The third-order valence-electron chi connectivity index (χ3n) is 3.40. The topological polar surface area (TPSA) is 42.0 Å². The van der Waals surface area contributed by atoms with Crippen LogP contribution in [0.25, 0.3) is 0 Å². The van der Waals surface area contributed by atoms with Gasteiger partial charge in [-0.2, -0.15) is 0 Å². The second kappa shape index (κ2) is 5.50. The van der Waals surface area contributed by atoms with Crippen LogP contribution in [-0.4, -0.2) is 22.8 Å². The van der Waals surface area contributed by atoms with Crippen LogP contribution in [0.5, 0.6) is 0 Å². The molecule has 2 rings (SSSR count). The van der Waals surface area contributed by atoms with E-state index in [4.69, 9.17) is 11.6 Å². The summed E-state index contributed by atoms with van der Waals surface area (Å²) < 4.78 is 0. The Bertz CT molecular complexity index is 408. The zero-order chi connectivity index (χ0) is 12.3. The number of alkyl halides is 1. The van der Waals surface area contributed by atoms with Crippen molar-refractivity contribution < 1.29 is 4.79 Å². The van der Waals surface area contributed by atoms with Crippen LogP contribution in [0.3, 0.4) is 0 Å². The zero-order valence-corrected chi connectivity index (χ0v) is 10.7. The summed E-state index contributed by atoms with van der Waals surface area (Å²) in [5.74, 6) is 0.946. The number of carbonyl (C=O) groups excluding carboxylic acids is 1. The van der Waals surface area contributed by atoms with Crippen LogP contribution in [0, 0.1) is 12.8 Å². The van der Waals surface area contributed by atoms with Crippen LogP contribution < -0.4 is 5.32 Å². The molecular weight excluding hydrogens is 236 g/mol. The van der Waals surface area contributed by atoms with Gasteiger partial charge in [0.25, 0.3) is 5.91 Å². The van der Waals surface area contributed by atoms with Gasteiger partial charge in [-0.05, 0) is 37.3 Å². The highest BCUT2D eigenvalue weighted by Gasteiger charge is 2.28. The normalized spacial score (nSPS) is 23.6. The Morgan fingerprint density at radius 3 is 3.12 bits per heavy atom. The SMILES string of the molecule is Cc1cccnc1C(=O)NC1CCCC1CCl. The van der Waals surface area contributed by atoms with Gasteiger partial charge in [0.2, 0.25) is 0 Å². The molecule has 1 aromatic heterocycles. The molecule has 0 bridgehead atoms. The Morgan fingerprint density at radius 1 is 1.59 bits per heavy atom. The second-order valence-electron chi connectivity index (χ2n) is 4.59. The van der Waals surface area contributed by atoms with Crippen molar-refractivity contribution in [2.24, 2.45) is 5.92 Å². The number of nitrogens with zero attached hydrogens (tertiary/aromatic N) is 1. The zero-order valence-electron chi connectivity index (χ0n) is 9.95. The highest BCUT2D eigenvalue weighted by Crippen LogP contribution is 2.26. The fraction of sp³-hybridized carbons (Fsp3) is 0.538. The Hall–Kier alpha value is -1.09. The Morgan fingerprint density at radius 2 is 2.41 bits per heavy atom. The van der Waals surface area contributed by atoms with Crippen molar-refractivity contribution in [1.82, 2.24) is 10.3 Å². The lowest BCUT2D eigenvalue weighted by molar-refractivity contribution is 0.0924. The summed E-state index contributed by atoms with van der Waals surface area (Å²) in [6.45, 7) is 1.90. The number of pyridine rings is 1. The summed E-state index contributed by atoms with van der Waals surface area (Å²) in [7, 11) is 0. The number of rotatable bonds is 3. The summed E-state index contributed by atoms with van der Waals surface area (Å²) in [6.07, 6.45) is 4.92. The van der Waals surface area contributed by atoms with Crippen molar-refractivity contribution in [3.05, 3.63) is 29.6 Å². The van der Waals surface area contributed by atoms with Crippen LogP contribution in [0.15, 0.2) is 18.3 Å². The molecule has 4 heteroatoms. The Balaban J connectivity index is 2.04. The molecule has 17 heavy (non-hydrogen) atoms. The number of amides is 1. The number of aryl methyl sites for hydroxylation is 1. The number of nitrogens with one attached hydrogen (secondary N) is 1. The van der Waals surface area contributed by atoms with Gasteiger partial charge in [0.05, 0.1) is 0 Å². The molecule has 1 aromatic rings. The number of halogens is 1. The second-order valence-corrected chi connectivity index (χ2v) is 4.90. The summed E-state index contributed by atoms with van der Waals surface area (Å²) in [5.41, 5.74) is 1.43. The molecule has 1 aliphatic carbocycles. The average molecular weight is 253 g/mol. The lowest BCUT2D eigenvalue weighted by Crippen LogP contribution is -2.38. The molecule has 0 radical (unpaired) electrons. The van der Waals surface area contributed by atoms with Gasteiger partial charge in [-0.1, -0.05) is 12.5 Å². The molecule has 2 unspecified atom stereocenters. The lowest BCUT2D eigenvalue weighted by atomic mass is 10.1. The van der Waals surface area contributed by atoms with Crippen molar-refractivity contribution >= 4 is 17.5 Å². The lowest BCUT2D eigenvalue weighted by Gasteiger charge is -2.18. The van der Waals surface area contributed by atoms with Crippen LogP contribution in [0.2, 0.25) is 0 Å².